The minimum absolute atomic E-state index is 0.572. The first kappa shape index (κ1) is 14.1. The minimum Gasteiger partial charge on any atom is -0.378 e. The van der Waals surface area contributed by atoms with Crippen LogP contribution in [0, 0.1) is 0 Å². The first-order chi connectivity index (χ1) is 9.65. The zero-order valence-corrected chi connectivity index (χ0v) is 13.9. The summed E-state index contributed by atoms with van der Waals surface area (Å²) >= 11 is 17.0. The second-order valence-electron chi connectivity index (χ2n) is 4.14. The lowest BCUT2D eigenvalue weighted by Crippen LogP contribution is -2.01. The van der Waals surface area contributed by atoms with Gasteiger partial charge in [0.2, 0.25) is 0 Å². The molecule has 1 heterocycles. The third-order valence-corrected chi connectivity index (χ3v) is 4.55. The molecule has 102 valence electrons. The van der Waals surface area contributed by atoms with Gasteiger partial charge in [0.25, 0.3) is 0 Å². The fraction of sp³-hybridized carbons (Fsp3) is 0.0769. The van der Waals surface area contributed by atoms with Gasteiger partial charge in [0.05, 0.1) is 22.4 Å². The van der Waals surface area contributed by atoms with Crippen molar-refractivity contribution in [3.8, 4) is 0 Å². The van der Waals surface area contributed by atoms with Crippen molar-refractivity contribution in [2.45, 2.75) is 6.54 Å². The van der Waals surface area contributed by atoms with Crippen molar-refractivity contribution in [1.82, 2.24) is 8.75 Å². The molecule has 0 saturated carbocycles. The molecule has 0 radical (unpaired) electrons. The topological polar surface area (TPSA) is 37.8 Å². The molecule has 1 aromatic heterocycles. The first-order valence-electron chi connectivity index (χ1n) is 5.74. The van der Waals surface area contributed by atoms with Crippen molar-refractivity contribution in [3.05, 3.63) is 50.4 Å². The molecule has 0 amide bonds. The number of anilines is 1. The molecule has 20 heavy (non-hydrogen) atoms. The molecule has 0 aliphatic rings. The molecule has 7 heteroatoms. The normalized spacial score (nSPS) is 10.9. The predicted molar refractivity (Wildman–Crippen MR) is 88.9 cm³/mol. The van der Waals surface area contributed by atoms with E-state index < -0.39 is 0 Å². The van der Waals surface area contributed by atoms with Crippen LogP contribution in [0.15, 0.2) is 34.8 Å². The number of nitrogens with zero attached hydrogens (tertiary/aromatic N) is 2. The summed E-state index contributed by atoms with van der Waals surface area (Å²) in [5.41, 5.74) is 3.41. The quantitative estimate of drug-likeness (QED) is 0.655. The van der Waals surface area contributed by atoms with Crippen LogP contribution in [0.25, 0.3) is 11.0 Å². The summed E-state index contributed by atoms with van der Waals surface area (Å²) in [4.78, 5) is 0. The summed E-state index contributed by atoms with van der Waals surface area (Å²) in [5, 5.41) is 4.62. The van der Waals surface area contributed by atoms with Crippen LogP contribution in [-0.2, 0) is 6.54 Å². The van der Waals surface area contributed by atoms with Crippen molar-refractivity contribution in [3.63, 3.8) is 0 Å². The van der Waals surface area contributed by atoms with Crippen LogP contribution in [0.1, 0.15) is 5.56 Å². The van der Waals surface area contributed by atoms with Gasteiger partial charge in [-0.2, -0.15) is 8.75 Å². The van der Waals surface area contributed by atoms with E-state index in [0.29, 0.717) is 16.6 Å². The highest BCUT2D eigenvalue weighted by Gasteiger charge is 2.10. The van der Waals surface area contributed by atoms with E-state index in [4.69, 9.17) is 23.2 Å². The smallest absolute Gasteiger partial charge is 0.129 e. The van der Waals surface area contributed by atoms with E-state index in [-0.39, 0.29) is 0 Å². The average Bonchev–Trinajstić information content (AvgIpc) is 2.88. The van der Waals surface area contributed by atoms with Crippen molar-refractivity contribution >= 4 is 67.6 Å². The molecule has 1 N–H and O–H groups in total. The highest BCUT2D eigenvalue weighted by molar-refractivity contribution is 9.10. The standard InChI is InChI=1S/C13H8BrCl2N3S/c14-8-2-1-7(10(16)5-8)6-17-12-9(15)3-4-11-13(12)19-20-18-11/h1-5,17H,6H2. The maximum Gasteiger partial charge on any atom is 0.129 e. The first-order valence-corrected chi connectivity index (χ1v) is 8.01. The molecule has 2 aromatic carbocycles. The van der Waals surface area contributed by atoms with Gasteiger partial charge in [0.15, 0.2) is 0 Å². The molecule has 3 rings (SSSR count). The van der Waals surface area contributed by atoms with E-state index in [1.54, 1.807) is 0 Å². The lowest BCUT2D eigenvalue weighted by Gasteiger charge is -2.10. The fourth-order valence-electron chi connectivity index (χ4n) is 1.84. The molecule has 0 aliphatic carbocycles. The van der Waals surface area contributed by atoms with E-state index in [9.17, 15) is 0 Å². The molecular weight excluding hydrogens is 381 g/mol. The summed E-state index contributed by atoms with van der Waals surface area (Å²) in [6.07, 6.45) is 0. The highest BCUT2D eigenvalue weighted by atomic mass is 79.9. The van der Waals surface area contributed by atoms with Crippen LogP contribution in [0.3, 0.4) is 0 Å². The Labute approximate surface area is 138 Å². The number of halogens is 3. The van der Waals surface area contributed by atoms with E-state index in [0.717, 1.165) is 26.8 Å². The predicted octanol–water partition coefficient (Wildman–Crippen LogP) is 5.37. The molecule has 0 aliphatic heterocycles. The highest BCUT2D eigenvalue weighted by Crippen LogP contribution is 2.31. The minimum atomic E-state index is 0.572. The van der Waals surface area contributed by atoms with Gasteiger partial charge in [-0.3, -0.25) is 0 Å². The second-order valence-corrected chi connectivity index (χ2v) is 6.40. The van der Waals surface area contributed by atoms with Gasteiger partial charge in [0, 0.05) is 16.0 Å². The Kier molecular flexibility index (Phi) is 4.12. The van der Waals surface area contributed by atoms with Crippen molar-refractivity contribution in [2.24, 2.45) is 0 Å². The number of aromatic nitrogens is 2. The number of fused-ring (bicyclic) bond motifs is 1. The molecular formula is C13H8BrCl2N3S. The summed E-state index contributed by atoms with van der Waals surface area (Å²) in [6, 6.07) is 9.46. The SMILES string of the molecule is Clc1cc(Br)ccc1CNc1c(Cl)ccc2nsnc12. The van der Waals surface area contributed by atoms with Crippen molar-refractivity contribution < 1.29 is 0 Å². The van der Waals surface area contributed by atoms with E-state index in [2.05, 4.69) is 30.0 Å². The molecule has 0 bridgehead atoms. The van der Waals surface area contributed by atoms with Crippen LogP contribution >= 0.6 is 50.9 Å². The summed E-state index contributed by atoms with van der Waals surface area (Å²) < 4.78 is 9.43. The second kappa shape index (κ2) is 5.85. The Morgan fingerprint density at radius 3 is 2.75 bits per heavy atom. The zero-order valence-electron chi connectivity index (χ0n) is 10.0. The summed E-state index contributed by atoms with van der Waals surface area (Å²) in [6.45, 7) is 0.572. The number of hydrogen-bond acceptors (Lipinski definition) is 4. The number of hydrogen-bond donors (Lipinski definition) is 1. The molecule has 0 atom stereocenters. The fourth-order valence-corrected chi connectivity index (χ4v) is 3.35. The Balaban J connectivity index is 1.90. The Hall–Kier alpha value is -0.880. The van der Waals surface area contributed by atoms with Crippen LogP contribution in [-0.4, -0.2) is 8.75 Å². The van der Waals surface area contributed by atoms with Gasteiger partial charge in [-0.05, 0) is 29.8 Å². The molecule has 3 nitrogen and oxygen atoms in total. The molecule has 0 spiro atoms. The summed E-state index contributed by atoms with van der Waals surface area (Å²) in [7, 11) is 0. The average molecular weight is 389 g/mol. The van der Waals surface area contributed by atoms with Crippen LogP contribution in [0.4, 0.5) is 5.69 Å². The van der Waals surface area contributed by atoms with Gasteiger partial charge in [-0.1, -0.05) is 45.2 Å². The zero-order chi connectivity index (χ0) is 14.1. The molecule has 3 aromatic rings. The Morgan fingerprint density at radius 2 is 1.95 bits per heavy atom. The van der Waals surface area contributed by atoms with Gasteiger partial charge in [0.1, 0.15) is 11.0 Å². The van der Waals surface area contributed by atoms with Crippen LogP contribution in [0.2, 0.25) is 10.0 Å². The van der Waals surface area contributed by atoms with Gasteiger partial charge >= 0.3 is 0 Å². The summed E-state index contributed by atoms with van der Waals surface area (Å²) in [5.74, 6) is 0. The third kappa shape index (κ3) is 2.76. The van der Waals surface area contributed by atoms with Gasteiger partial charge in [-0.15, -0.1) is 0 Å². The molecule has 0 fully saturated rings. The van der Waals surface area contributed by atoms with Crippen molar-refractivity contribution in [2.75, 3.05) is 5.32 Å². The number of nitrogens with one attached hydrogen (secondary N) is 1. The largest absolute Gasteiger partial charge is 0.378 e. The van der Waals surface area contributed by atoms with Crippen molar-refractivity contribution in [1.29, 1.82) is 0 Å². The van der Waals surface area contributed by atoms with E-state index >= 15 is 0 Å². The maximum atomic E-state index is 6.23. The van der Waals surface area contributed by atoms with Crippen LogP contribution < -0.4 is 5.32 Å². The number of benzene rings is 2. The molecule has 0 saturated heterocycles. The van der Waals surface area contributed by atoms with E-state index in [1.165, 1.54) is 11.7 Å². The maximum absolute atomic E-state index is 6.23. The van der Waals surface area contributed by atoms with Gasteiger partial charge in [-0.25, -0.2) is 0 Å². The lowest BCUT2D eigenvalue weighted by atomic mass is 10.2. The van der Waals surface area contributed by atoms with E-state index in [1.807, 2.05) is 30.3 Å². The molecule has 0 unspecified atom stereocenters. The Bertz CT molecular complexity index is 775. The van der Waals surface area contributed by atoms with Crippen LogP contribution in [0.5, 0.6) is 0 Å². The number of rotatable bonds is 3. The monoisotopic (exact) mass is 387 g/mol. The Morgan fingerprint density at radius 1 is 1.10 bits per heavy atom. The lowest BCUT2D eigenvalue weighted by molar-refractivity contribution is 1.15. The van der Waals surface area contributed by atoms with Gasteiger partial charge < -0.3 is 5.32 Å². The third-order valence-electron chi connectivity index (χ3n) is 2.85.